The van der Waals surface area contributed by atoms with E-state index in [0.29, 0.717) is 0 Å². The molecule has 2 amide bonds. The van der Waals surface area contributed by atoms with Gasteiger partial charge in [-0.25, -0.2) is 0 Å². The van der Waals surface area contributed by atoms with E-state index >= 15 is 0 Å². The molecule has 1 aliphatic heterocycles. The highest BCUT2D eigenvalue weighted by molar-refractivity contribution is 6.06. The molecule has 1 aromatic heterocycles. The number of carbonyl (C=O) groups excluding carboxylic acids is 2. The summed E-state index contributed by atoms with van der Waals surface area (Å²) in [7, 11) is 1.81. The highest BCUT2D eigenvalue weighted by Gasteiger charge is 2.32. The number of rotatable bonds is 2. The standard InChI is InChI=1S/C11H16N4O2/c1-4-8-9(5-14(3)13-8)15-6-10(16)12-7(2)11(15)17/h5,7H,4,6H2,1-3H3,(H,12,16). The van der Waals surface area contributed by atoms with Crippen molar-refractivity contribution in [3.63, 3.8) is 0 Å². The normalized spacial score (nSPS) is 20.6. The maximum absolute atomic E-state index is 12.0. The zero-order valence-electron chi connectivity index (χ0n) is 10.2. The average molecular weight is 236 g/mol. The molecule has 17 heavy (non-hydrogen) atoms. The molecule has 0 radical (unpaired) electrons. The zero-order chi connectivity index (χ0) is 12.6. The molecular weight excluding hydrogens is 220 g/mol. The largest absolute Gasteiger partial charge is 0.343 e. The van der Waals surface area contributed by atoms with Crippen LogP contribution in [0.1, 0.15) is 19.5 Å². The highest BCUT2D eigenvalue weighted by atomic mass is 16.2. The fourth-order valence-electron chi connectivity index (χ4n) is 2.01. The van der Waals surface area contributed by atoms with Crippen molar-refractivity contribution in [2.75, 3.05) is 11.4 Å². The van der Waals surface area contributed by atoms with E-state index in [2.05, 4.69) is 10.4 Å². The molecule has 0 saturated carbocycles. The predicted molar refractivity (Wildman–Crippen MR) is 62.5 cm³/mol. The second-order valence-corrected chi connectivity index (χ2v) is 4.20. The van der Waals surface area contributed by atoms with Crippen molar-refractivity contribution in [3.8, 4) is 0 Å². The predicted octanol–water partition coefficient (Wildman–Crippen LogP) is -0.166. The lowest BCUT2D eigenvalue weighted by atomic mass is 10.2. The van der Waals surface area contributed by atoms with Gasteiger partial charge in [-0.15, -0.1) is 0 Å². The van der Waals surface area contributed by atoms with Crippen LogP contribution in [-0.2, 0) is 23.1 Å². The number of nitrogens with zero attached hydrogens (tertiary/aromatic N) is 3. The van der Waals surface area contributed by atoms with Gasteiger partial charge in [-0.3, -0.25) is 19.2 Å². The number of aryl methyl sites for hydroxylation is 2. The van der Waals surface area contributed by atoms with Gasteiger partial charge in [0, 0.05) is 13.2 Å². The lowest BCUT2D eigenvalue weighted by Crippen LogP contribution is -2.57. The van der Waals surface area contributed by atoms with E-state index in [9.17, 15) is 9.59 Å². The second-order valence-electron chi connectivity index (χ2n) is 4.20. The SMILES string of the molecule is CCc1nn(C)cc1N1CC(=O)NC(C)C1=O. The molecule has 0 bridgehead atoms. The Balaban J connectivity index is 2.37. The van der Waals surface area contributed by atoms with Gasteiger partial charge in [0.05, 0.1) is 11.4 Å². The van der Waals surface area contributed by atoms with Gasteiger partial charge in [0.2, 0.25) is 11.8 Å². The van der Waals surface area contributed by atoms with Crippen LogP contribution in [-0.4, -0.2) is 34.2 Å². The molecule has 1 atom stereocenters. The lowest BCUT2D eigenvalue weighted by Gasteiger charge is -2.30. The molecule has 2 heterocycles. The summed E-state index contributed by atoms with van der Waals surface area (Å²) in [6.07, 6.45) is 2.51. The summed E-state index contributed by atoms with van der Waals surface area (Å²) in [5.41, 5.74) is 1.57. The highest BCUT2D eigenvalue weighted by Crippen LogP contribution is 2.21. The molecule has 92 valence electrons. The topological polar surface area (TPSA) is 67.2 Å². The van der Waals surface area contributed by atoms with Crippen molar-refractivity contribution in [1.82, 2.24) is 15.1 Å². The smallest absolute Gasteiger partial charge is 0.249 e. The summed E-state index contributed by atoms with van der Waals surface area (Å²) in [5, 5.41) is 6.90. The fourth-order valence-corrected chi connectivity index (χ4v) is 2.01. The lowest BCUT2D eigenvalue weighted by molar-refractivity contribution is -0.130. The maximum atomic E-state index is 12.0. The van der Waals surface area contributed by atoms with E-state index < -0.39 is 6.04 Å². The molecular formula is C11H16N4O2. The van der Waals surface area contributed by atoms with Crippen molar-refractivity contribution < 1.29 is 9.59 Å². The summed E-state index contributed by atoms with van der Waals surface area (Å²) in [6.45, 7) is 3.74. The van der Waals surface area contributed by atoms with Crippen molar-refractivity contribution in [2.24, 2.45) is 7.05 Å². The maximum Gasteiger partial charge on any atom is 0.249 e. The minimum absolute atomic E-state index is 0.0713. The first kappa shape index (κ1) is 11.6. The Kier molecular flexibility index (Phi) is 2.87. The Morgan fingerprint density at radius 1 is 1.53 bits per heavy atom. The minimum atomic E-state index is -0.471. The Bertz CT molecular complexity index is 466. The molecule has 1 unspecified atom stereocenters. The third-order valence-electron chi connectivity index (χ3n) is 2.82. The third-order valence-corrected chi connectivity index (χ3v) is 2.82. The number of carbonyl (C=O) groups is 2. The summed E-state index contributed by atoms with van der Waals surface area (Å²) in [5.74, 6) is -0.227. The van der Waals surface area contributed by atoms with E-state index in [0.717, 1.165) is 17.8 Å². The first-order chi connectivity index (χ1) is 8.02. The van der Waals surface area contributed by atoms with Crippen LogP contribution in [0, 0.1) is 0 Å². The number of anilines is 1. The van der Waals surface area contributed by atoms with Gasteiger partial charge in [-0.2, -0.15) is 5.10 Å². The second kappa shape index (κ2) is 4.20. The van der Waals surface area contributed by atoms with Crippen molar-refractivity contribution >= 4 is 17.5 Å². The molecule has 1 N–H and O–H groups in total. The van der Waals surface area contributed by atoms with E-state index in [1.165, 1.54) is 4.90 Å². The molecule has 6 heteroatoms. The van der Waals surface area contributed by atoms with Gasteiger partial charge in [-0.05, 0) is 13.3 Å². The summed E-state index contributed by atoms with van der Waals surface area (Å²) >= 11 is 0. The van der Waals surface area contributed by atoms with Crippen LogP contribution in [0.2, 0.25) is 0 Å². The summed E-state index contributed by atoms with van der Waals surface area (Å²) in [4.78, 5) is 25.0. The Morgan fingerprint density at radius 3 is 2.88 bits per heavy atom. The van der Waals surface area contributed by atoms with E-state index in [4.69, 9.17) is 0 Å². The molecule has 0 spiro atoms. The van der Waals surface area contributed by atoms with Gasteiger partial charge in [0.15, 0.2) is 0 Å². The van der Waals surface area contributed by atoms with Crippen LogP contribution in [0.3, 0.4) is 0 Å². The molecule has 2 rings (SSSR count). The molecule has 0 aromatic carbocycles. The molecule has 1 saturated heterocycles. The first-order valence-corrected chi connectivity index (χ1v) is 5.66. The summed E-state index contributed by atoms with van der Waals surface area (Å²) in [6, 6.07) is -0.471. The van der Waals surface area contributed by atoms with Gasteiger partial charge in [0.25, 0.3) is 0 Å². The Morgan fingerprint density at radius 2 is 2.24 bits per heavy atom. The molecule has 1 fully saturated rings. The van der Waals surface area contributed by atoms with Crippen LogP contribution >= 0.6 is 0 Å². The molecule has 1 aromatic rings. The first-order valence-electron chi connectivity index (χ1n) is 5.66. The molecule has 6 nitrogen and oxygen atoms in total. The van der Waals surface area contributed by atoms with Crippen LogP contribution in [0.4, 0.5) is 5.69 Å². The molecule has 1 aliphatic rings. The number of nitrogens with one attached hydrogen (secondary N) is 1. The van der Waals surface area contributed by atoms with Crippen LogP contribution < -0.4 is 10.2 Å². The monoisotopic (exact) mass is 236 g/mol. The van der Waals surface area contributed by atoms with Crippen molar-refractivity contribution in [3.05, 3.63) is 11.9 Å². The van der Waals surface area contributed by atoms with Crippen molar-refractivity contribution in [2.45, 2.75) is 26.3 Å². The van der Waals surface area contributed by atoms with E-state index in [1.807, 2.05) is 6.92 Å². The van der Waals surface area contributed by atoms with Gasteiger partial charge in [-0.1, -0.05) is 6.92 Å². The summed E-state index contributed by atoms with van der Waals surface area (Å²) < 4.78 is 1.67. The van der Waals surface area contributed by atoms with Gasteiger partial charge in [0.1, 0.15) is 12.6 Å². The quantitative estimate of drug-likeness (QED) is 0.775. The minimum Gasteiger partial charge on any atom is -0.343 e. The molecule has 0 aliphatic carbocycles. The van der Waals surface area contributed by atoms with Gasteiger partial charge >= 0.3 is 0 Å². The average Bonchev–Trinajstić information content (AvgIpc) is 2.64. The van der Waals surface area contributed by atoms with E-state index in [1.54, 1.807) is 24.9 Å². The number of piperazine rings is 1. The van der Waals surface area contributed by atoms with Crippen LogP contribution in [0.25, 0.3) is 0 Å². The van der Waals surface area contributed by atoms with E-state index in [-0.39, 0.29) is 18.4 Å². The van der Waals surface area contributed by atoms with Crippen LogP contribution in [0.5, 0.6) is 0 Å². The fraction of sp³-hybridized carbons (Fsp3) is 0.545. The van der Waals surface area contributed by atoms with Crippen molar-refractivity contribution in [1.29, 1.82) is 0 Å². The number of aromatic nitrogens is 2. The Labute approximate surface area is 99.6 Å². The Hall–Kier alpha value is -1.85. The number of hydrogen-bond donors (Lipinski definition) is 1. The zero-order valence-corrected chi connectivity index (χ0v) is 10.2. The number of hydrogen-bond acceptors (Lipinski definition) is 3. The van der Waals surface area contributed by atoms with Crippen LogP contribution in [0.15, 0.2) is 6.20 Å². The number of amides is 2. The van der Waals surface area contributed by atoms with Gasteiger partial charge < -0.3 is 5.32 Å². The third kappa shape index (κ3) is 2.02.